The Hall–Kier alpha value is -0.930. The summed E-state index contributed by atoms with van der Waals surface area (Å²) in [5.74, 6) is 1.37. The van der Waals surface area contributed by atoms with Crippen molar-refractivity contribution in [2.75, 3.05) is 0 Å². The topological polar surface area (TPSA) is 25.8 Å². The van der Waals surface area contributed by atoms with Crippen LogP contribution in [0.3, 0.4) is 0 Å². The molecule has 1 aromatic carbocycles. The van der Waals surface area contributed by atoms with Gasteiger partial charge in [0.15, 0.2) is 0 Å². The van der Waals surface area contributed by atoms with Crippen molar-refractivity contribution in [3.05, 3.63) is 57.0 Å². The van der Waals surface area contributed by atoms with Crippen LogP contribution in [-0.2, 0) is 6.42 Å². The van der Waals surface area contributed by atoms with Crippen molar-refractivity contribution in [1.82, 2.24) is 9.97 Å². The molecule has 1 heterocycles. The van der Waals surface area contributed by atoms with Gasteiger partial charge in [0.2, 0.25) is 0 Å². The molecule has 2 nitrogen and oxygen atoms in total. The lowest BCUT2D eigenvalue weighted by Gasteiger charge is -2.11. The van der Waals surface area contributed by atoms with Gasteiger partial charge >= 0.3 is 0 Å². The number of aromatic nitrogens is 2. The molecule has 0 amide bonds. The van der Waals surface area contributed by atoms with E-state index in [2.05, 4.69) is 27.0 Å². The summed E-state index contributed by atoms with van der Waals surface area (Å²) >= 11 is 9.74. The van der Waals surface area contributed by atoms with E-state index in [1.54, 1.807) is 0 Å². The Kier molecular flexibility index (Phi) is 4.37. The average molecular weight is 352 g/mol. The van der Waals surface area contributed by atoms with E-state index in [4.69, 9.17) is 16.6 Å². The van der Waals surface area contributed by atoms with E-state index >= 15 is 0 Å². The first-order valence-corrected chi connectivity index (χ1v) is 8.16. The first kappa shape index (κ1) is 14.0. The molecule has 1 aromatic heterocycles. The Balaban J connectivity index is 1.88. The van der Waals surface area contributed by atoms with Crippen LogP contribution in [0.2, 0.25) is 5.15 Å². The van der Waals surface area contributed by atoms with E-state index in [1.165, 1.54) is 31.2 Å². The first-order valence-electron chi connectivity index (χ1n) is 6.99. The minimum atomic E-state index is 0.559. The molecule has 0 spiro atoms. The molecule has 0 radical (unpaired) electrons. The van der Waals surface area contributed by atoms with Gasteiger partial charge in [0, 0.05) is 22.5 Å². The molecule has 2 aromatic rings. The second-order valence-corrected chi connectivity index (χ2v) is 6.52. The third kappa shape index (κ3) is 3.21. The number of halogens is 2. The highest BCUT2D eigenvalue weighted by Crippen LogP contribution is 2.33. The molecule has 0 bridgehead atoms. The quantitative estimate of drug-likeness (QED) is 0.715. The molecule has 0 aliphatic heterocycles. The third-order valence-corrected chi connectivity index (χ3v) is 4.81. The Labute approximate surface area is 132 Å². The molecular weight excluding hydrogens is 336 g/mol. The van der Waals surface area contributed by atoms with Crippen molar-refractivity contribution >= 4 is 27.5 Å². The molecule has 3 rings (SSSR count). The van der Waals surface area contributed by atoms with Gasteiger partial charge in [-0.3, -0.25) is 0 Å². The summed E-state index contributed by atoms with van der Waals surface area (Å²) in [7, 11) is 0. The number of rotatable bonds is 3. The standard InChI is InChI=1S/C16H16BrClN2/c17-13-8-4-3-7-12(13)9-16-19-14(10-15(18)20-16)11-5-1-2-6-11/h3-4,7-8,10-11H,1-2,5-6,9H2. The van der Waals surface area contributed by atoms with Crippen molar-refractivity contribution in [2.24, 2.45) is 0 Å². The summed E-state index contributed by atoms with van der Waals surface area (Å²) in [5.41, 5.74) is 2.30. The summed E-state index contributed by atoms with van der Waals surface area (Å²) in [5, 5.41) is 0.559. The molecule has 20 heavy (non-hydrogen) atoms. The zero-order valence-corrected chi connectivity index (χ0v) is 13.5. The van der Waals surface area contributed by atoms with Gasteiger partial charge in [-0.05, 0) is 30.5 Å². The highest BCUT2D eigenvalue weighted by molar-refractivity contribution is 9.10. The number of nitrogens with zero attached hydrogens (tertiary/aromatic N) is 2. The van der Waals surface area contributed by atoms with Crippen LogP contribution in [-0.4, -0.2) is 9.97 Å². The van der Waals surface area contributed by atoms with Crippen LogP contribution >= 0.6 is 27.5 Å². The number of hydrogen-bond acceptors (Lipinski definition) is 2. The summed E-state index contributed by atoms with van der Waals surface area (Å²) < 4.78 is 1.09. The fourth-order valence-corrected chi connectivity index (χ4v) is 3.44. The second kappa shape index (κ2) is 6.23. The van der Waals surface area contributed by atoms with Crippen LogP contribution in [0, 0.1) is 0 Å². The minimum absolute atomic E-state index is 0.559. The van der Waals surface area contributed by atoms with Gasteiger partial charge in [-0.2, -0.15) is 0 Å². The van der Waals surface area contributed by atoms with E-state index in [-0.39, 0.29) is 0 Å². The zero-order chi connectivity index (χ0) is 13.9. The van der Waals surface area contributed by atoms with Gasteiger partial charge in [0.1, 0.15) is 11.0 Å². The van der Waals surface area contributed by atoms with Crippen molar-refractivity contribution < 1.29 is 0 Å². The van der Waals surface area contributed by atoms with Crippen LogP contribution in [0.4, 0.5) is 0 Å². The normalized spacial score (nSPS) is 15.7. The maximum absolute atomic E-state index is 6.17. The summed E-state index contributed by atoms with van der Waals surface area (Å²) in [6, 6.07) is 10.1. The molecule has 0 saturated heterocycles. The molecular formula is C16H16BrClN2. The Morgan fingerprint density at radius 3 is 2.65 bits per heavy atom. The average Bonchev–Trinajstić information content (AvgIpc) is 2.95. The SMILES string of the molecule is Clc1cc(C2CCCC2)nc(Cc2ccccc2Br)n1. The number of benzene rings is 1. The lowest BCUT2D eigenvalue weighted by atomic mass is 10.0. The van der Waals surface area contributed by atoms with Gasteiger partial charge in [-0.1, -0.05) is 58.6 Å². The van der Waals surface area contributed by atoms with Crippen LogP contribution in [0.25, 0.3) is 0 Å². The van der Waals surface area contributed by atoms with Crippen molar-refractivity contribution in [2.45, 2.75) is 38.0 Å². The van der Waals surface area contributed by atoms with Gasteiger partial charge in [-0.25, -0.2) is 9.97 Å². The highest BCUT2D eigenvalue weighted by atomic mass is 79.9. The Morgan fingerprint density at radius 1 is 1.15 bits per heavy atom. The van der Waals surface area contributed by atoms with Crippen molar-refractivity contribution in [3.63, 3.8) is 0 Å². The molecule has 104 valence electrons. The molecule has 4 heteroatoms. The van der Waals surface area contributed by atoms with Crippen molar-refractivity contribution in [3.8, 4) is 0 Å². The first-order chi connectivity index (χ1) is 9.72. The second-order valence-electron chi connectivity index (χ2n) is 5.28. The van der Waals surface area contributed by atoms with E-state index in [1.807, 2.05) is 24.3 Å². The lowest BCUT2D eigenvalue weighted by molar-refractivity contribution is 0.686. The van der Waals surface area contributed by atoms with Crippen LogP contribution < -0.4 is 0 Å². The molecule has 0 N–H and O–H groups in total. The van der Waals surface area contributed by atoms with Gasteiger partial charge in [0.25, 0.3) is 0 Å². The van der Waals surface area contributed by atoms with E-state index < -0.39 is 0 Å². The molecule has 1 aliphatic carbocycles. The van der Waals surface area contributed by atoms with Crippen LogP contribution in [0.5, 0.6) is 0 Å². The number of hydrogen-bond donors (Lipinski definition) is 0. The molecule has 1 fully saturated rings. The third-order valence-electron chi connectivity index (χ3n) is 3.84. The monoisotopic (exact) mass is 350 g/mol. The fourth-order valence-electron chi connectivity index (χ4n) is 2.81. The minimum Gasteiger partial charge on any atom is -0.237 e. The molecule has 1 saturated carbocycles. The van der Waals surface area contributed by atoms with E-state index in [0.29, 0.717) is 17.5 Å². The van der Waals surface area contributed by atoms with Gasteiger partial charge in [0.05, 0.1) is 0 Å². The molecule has 0 atom stereocenters. The predicted molar refractivity (Wildman–Crippen MR) is 85.2 cm³/mol. The summed E-state index contributed by atoms with van der Waals surface area (Å²) in [6.07, 6.45) is 5.75. The smallest absolute Gasteiger partial charge is 0.134 e. The lowest BCUT2D eigenvalue weighted by Crippen LogP contribution is -2.04. The predicted octanol–water partition coefficient (Wildman–Crippen LogP) is 5.14. The van der Waals surface area contributed by atoms with E-state index in [0.717, 1.165) is 16.0 Å². The fraction of sp³-hybridized carbons (Fsp3) is 0.375. The molecule has 0 unspecified atom stereocenters. The summed E-state index contributed by atoms with van der Waals surface area (Å²) in [6.45, 7) is 0. The van der Waals surface area contributed by atoms with Crippen molar-refractivity contribution in [1.29, 1.82) is 0 Å². The van der Waals surface area contributed by atoms with Gasteiger partial charge in [-0.15, -0.1) is 0 Å². The van der Waals surface area contributed by atoms with Crippen LogP contribution in [0.1, 0.15) is 48.7 Å². The van der Waals surface area contributed by atoms with Crippen LogP contribution in [0.15, 0.2) is 34.8 Å². The summed E-state index contributed by atoms with van der Waals surface area (Å²) in [4.78, 5) is 9.11. The highest BCUT2D eigenvalue weighted by Gasteiger charge is 2.19. The maximum atomic E-state index is 6.17. The maximum Gasteiger partial charge on any atom is 0.134 e. The largest absolute Gasteiger partial charge is 0.237 e. The molecule has 1 aliphatic rings. The van der Waals surface area contributed by atoms with E-state index in [9.17, 15) is 0 Å². The van der Waals surface area contributed by atoms with Gasteiger partial charge < -0.3 is 0 Å². The Bertz CT molecular complexity index is 609. The zero-order valence-electron chi connectivity index (χ0n) is 11.1. The Morgan fingerprint density at radius 2 is 1.90 bits per heavy atom.